The number of amides is 1. The van der Waals surface area contributed by atoms with Gasteiger partial charge in [-0.2, -0.15) is 0 Å². The van der Waals surface area contributed by atoms with Crippen molar-refractivity contribution < 1.29 is 14.7 Å². The first-order valence-electron chi connectivity index (χ1n) is 5.59. The molecule has 0 bridgehead atoms. The first-order chi connectivity index (χ1) is 8.61. The van der Waals surface area contributed by atoms with Crippen molar-refractivity contribution in [3.05, 3.63) is 29.3 Å². The zero-order valence-electron chi connectivity index (χ0n) is 10.1. The van der Waals surface area contributed by atoms with Gasteiger partial charge >= 0.3 is 0 Å². The summed E-state index contributed by atoms with van der Waals surface area (Å²) in [6.45, 7) is 0.746. The normalized spacial score (nSPS) is 13.9. The minimum atomic E-state index is -0.170. The fraction of sp³-hybridized carbons (Fsp3) is 0.333. The number of hydrogen-bond donors (Lipinski definition) is 2. The van der Waals surface area contributed by atoms with E-state index in [0.29, 0.717) is 12.2 Å². The smallest absolute Gasteiger partial charge is 0.254 e. The molecular weight excluding hydrogens is 234 g/mol. The molecule has 1 aromatic rings. The molecule has 3 N–H and O–H groups in total. The third-order valence-corrected chi connectivity index (χ3v) is 2.81. The van der Waals surface area contributed by atoms with Gasteiger partial charge in [0.15, 0.2) is 5.84 Å². The van der Waals surface area contributed by atoms with Crippen LogP contribution in [0, 0.1) is 0 Å². The SMILES string of the molecule is CN(C/C(N)=N/O)C(=O)c1ccc2c(c1)CCO2. The summed E-state index contributed by atoms with van der Waals surface area (Å²) in [4.78, 5) is 13.5. The summed E-state index contributed by atoms with van der Waals surface area (Å²) in [5.74, 6) is 0.664. The van der Waals surface area contributed by atoms with Gasteiger partial charge in [-0.15, -0.1) is 0 Å². The summed E-state index contributed by atoms with van der Waals surface area (Å²) < 4.78 is 5.38. The Morgan fingerprint density at radius 1 is 1.61 bits per heavy atom. The largest absolute Gasteiger partial charge is 0.493 e. The minimum absolute atomic E-state index is 0.00431. The van der Waals surface area contributed by atoms with Crippen LogP contribution in [0.3, 0.4) is 0 Å². The Bertz CT molecular complexity index is 499. The molecule has 6 heteroatoms. The van der Waals surface area contributed by atoms with Crippen molar-refractivity contribution in [2.45, 2.75) is 6.42 Å². The van der Waals surface area contributed by atoms with Crippen LogP contribution < -0.4 is 10.5 Å². The molecule has 1 aromatic carbocycles. The van der Waals surface area contributed by atoms with E-state index in [1.54, 1.807) is 19.2 Å². The van der Waals surface area contributed by atoms with Crippen molar-refractivity contribution >= 4 is 11.7 Å². The van der Waals surface area contributed by atoms with Crippen LogP contribution in [0.4, 0.5) is 0 Å². The fourth-order valence-electron chi connectivity index (χ4n) is 1.89. The molecule has 0 spiro atoms. The minimum Gasteiger partial charge on any atom is -0.493 e. The van der Waals surface area contributed by atoms with Gasteiger partial charge in [-0.25, -0.2) is 0 Å². The molecular formula is C12H15N3O3. The third-order valence-electron chi connectivity index (χ3n) is 2.81. The topological polar surface area (TPSA) is 88.1 Å². The monoisotopic (exact) mass is 249 g/mol. The van der Waals surface area contributed by atoms with Crippen molar-refractivity contribution in [1.29, 1.82) is 0 Å². The number of rotatable bonds is 3. The molecule has 0 fully saturated rings. The van der Waals surface area contributed by atoms with E-state index in [1.807, 2.05) is 6.07 Å². The van der Waals surface area contributed by atoms with Gasteiger partial charge in [0.05, 0.1) is 13.2 Å². The van der Waals surface area contributed by atoms with E-state index in [4.69, 9.17) is 15.7 Å². The molecule has 1 heterocycles. The number of amidine groups is 1. The average Bonchev–Trinajstić information content (AvgIpc) is 2.84. The van der Waals surface area contributed by atoms with Gasteiger partial charge in [0.2, 0.25) is 0 Å². The van der Waals surface area contributed by atoms with Gasteiger partial charge in [0.1, 0.15) is 5.75 Å². The molecule has 0 saturated heterocycles. The van der Waals surface area contributed by atoms with E-state index in [1.165, 1.54) is 4.90 Å². The molecule has 0 atom stereocenters. The molecule has 6 nitrogen and oxygen atoms in total. The number of fused-ring (bicyclic) bond motifs is 1. The second kappa shape index (κ2) is 4.95. The van der Waals surface area contributed by atoms with Crippen molar-refractivity contribution in [3.63, 3.8) is 0 Å². The summed E-state index contributed by atoms with van der Waals surface area (Å²) in [7, 11) is 1.60. The number of nitrogens with two attached hydrogens (primary N) is 1. The molecule has 0 saturated carbocycles. The van der Waals surface area contributed by atoms with Crippen LogP contribution >= 0.6 is 0 Å². The first kappa shape index (κ1) is 12.2. The number of ether oxygens (including phenoxy) is 1. The highest BCUT2D eigenvalue weighted by molar-refractivity contribution is 5.97. The van der Waals surface area contributed by atoms with Gasteiger partial charge in [-0.3, -0.25) is 4.79 Å². The van der Waals surface area contributed by atoms with E-state index in [-0.39, 0.29) is 18.3 Å². The fourth-order valence-corrected chi connectivity index (χ4v) is 1.89. The predicted molar refractivity (Wildman–Crippen MR) is 66.0 cm³/mol. The van der Waals surface area contributed by atoms with Gasteiger partial charge in [0.25, 0.3) is 5.91 Å². The molecule has 0 unspecified atom stereocenters. The molecule has 2 rings (SSSR count). The van der Waals surface area contributed by atoms with Gasteiger partial charge in [-0.1, -0.05) is 5.16 Å². The Balaban J connectivity index is 2.14. The number of likely N-dealkylation sites (N-methyl/N-ethyl adjacent to an activating group) is 1. The maximum absolute atomic E-state index is 12.1. The van der Waals surface area contributed by atoms with Crippen LogP contribution in [0.15, 0.2) is 23.4 Å². The maximum Gasteiger partial charge on any atom is 0.254 e. The van der Waals surface area contributed by atoms with E-state index in [0.717, 1.165) is 17.7 Å². The molecule has 1 aliphatic heterocycles. The number of oxime groups is 1. The summed E-state index contributed by atoms with van der Waals surface area (Å²) >= 11 is 0. The highest BCUT2D eigenvalue weighted by Crippen LogP contribution is 2.26. The number of nitrogens with zero attached hydrogens (tertiary/aromatic N) is 2. The van der Waals surface area contributed by atoms with Crippen LogP contribution in [0.2, 0.25) is 0 Å². The number of benzene rings is 1. The first-order valence-corrected chi connectivity index (χ1v) is 5.59. The van der Waals surface area contributed by atoms with Gasteiger partial charge in [0, 0.05) is 19.0 Å². The van der Waals surface area contributed by atoms with Crippen molar-refractivity contribution in [1.82, 2.24) is 4.90 Å². The highest BCUT2D eigenvalue weighted by Gasteiger charge is 2.17. The quantitative estimate of drug-likeness (QED) is 0.352. The van der Waals surface area contributed by atoms with Gasteiger partial charge < -0.3 is 20.6 Å². The molecule has 1 amide bonds. The predicted octanol–water partition coefficient (Wildman–Crippen LogP) is 0.440. The zero-order valence-corrected chi connectivity index (χ0v) is 10.1. The second-order valence-electron chi connectivity index (χ2n) is 4.17. The molecule has 1 aliphatic rings. The standard InChI is InChI=1S/C12H15N3O3/c1-15(7-11(13)14-17)12(16)9-2-3-10-8(6-9)4-5-18-10/h2-3,6,17H,4-5,7H2,1H3,(H2,13,14). The summed E-state index contributed by atoms with van der Waals surface area (Å²) in [6, 6.07) is 5.34. The average molecular weight is 249 g/mol. The van der Waals surface area contributed by atoms with Crippen LogP contribution in [0.25, 0.3) is 0 Å². The Kier molecular flexibility index (Phi) is 3.36. The number of carbonyl (C=O) groups is 1. The molecule has 0 aromatic heterocycles. The number of hydrogen-bond acceptors (Lipinski definition) is 4. The lowest BCUT2D eigenvalue weighted by Crippen LogP contribution is -2.35. The Morgan fingerprint density at radius 2 is 2.39 bits per heavy atom. The Hall–Kier alpha value is -2.24. The van der Waals surface area contributed by atoms with Crippen LogP contribution in [0.1, 0.15) is 15.9 Å². The summed E-state index contributed by atoms with van der Waals surface area (Å²) in [6.07, 6.45) is 0.820. The van der Waals surface area contributed by atoms with E-state index >= 15 is 0 Å². The molecule has 18 heavy (non-hydrogen) atoms. The lowest BCUT2D eigenvalue weighted by Gasteiger charge is -2.16. The third kappa shape index (κ3) is 2.37. The van der Waals surface area contributed by atoms with E-state index in [2.05, 4.69) is 5.16 Å². The zero-order chi connectivity index (χ0) is 13.1. The van der Waals surface area contributed by atoms with E-state index in [9.17, 15) is 4.79 Å². The van der Waals surface area contributed by atoms with Crippen molar-refractivity contribution in [2.24, 2.45) is 10.9 Å². The number of carbonyl (C=O) groups excluding carboxylic acids is 1. The maximum atomic E-state index is 12.1. The molecule has 0 aliphatic carbocycles. The molecule has 96 valence electrons. The van der Waals surface area contributed by atoms with Crippen LogP contribution in [-0.2, 0) is 6.42 Å². The lowest BCUT2D eigenvalue weighted by atomic mass is 10.1. The highest BCUT2D eigenvalue weighted by atomic mass is 16.5. The summed E-state index contributed by atoms with van der Waals surface area (Å²) in [5, 5.41) is 11.3. The molecule has 0 radical (unpaired) electrons. The van der Waals surface area contributed by atoms with Crippen LogP contribution in [0.5, 0.6) is 5.75 Å². The van der Waals surface area contributed by atoms with Crippen molar-refractivity contribution in [2.75, 3.05) is 20.2 Å². The Labute approximate surface area is 105 Å². The lowest BCUT2D eigenvalue weighted by molar-refractivity contribution is 0.0813. The van der Waals surface area contributed by atoms with Crippen molar-refractivity contribution in [3.8, 4) is 5.75 Å². The Morgan fingerprint density at radius 3 is 3.11 bits per heavy atom. The second-order valence-corrected chi connectivity index (χ2v) is 4.17. The van der Waals surface area contributed by atoms with E-state index < -0.39 is 0 Å². The van der Waals surface area contributed by atoms with Crippen LogP contribution in [-0.4, -0.2) is 42.0 Å². The van der Waals surface area contributed by atoms with Gasteiger partial charge in [-0.05, 0) is 23.8 Å². The summed E-state index contributed by atoms with van der Waals surface area (Å²) in [5.41, 5.74) is 6.98.